The molecule has 2 aromatic rings. The van der Waals surface area contributed by atoms with Crippen LogP contribution in [0.15, 0.2) is 64.0 Å². The van der Waals surface area contributed by atoms with Crippen molar-refractivity contribution >= 4 is 60.2 Å². The third-order valence-electron chi connectivity index (χ3n) is 21.2. The molecule has 8 rings (SSSR count). The summed E-state index contributed by atoms with van der Waals surface area (Å²) in [4.78, 5) is 109. The predicted molar refractivity (Wildman–Crippen MR) is 332 cm³/mol. The van der Waals surface area contributed by atoms with Gasteiger partial charge in [0.05, 0.1) is 30.1 Å². The number of phosphoric ester groups is 1. The number of ether oxygens (including phenoxy) is 1. The summed E-state index contributed by atoms with van der Waals surface area (Å²) in [7, 11) is -5.06. The maximum Gasteiger partial charge on any atom is 0.472 e. The lowest BCUT2D eigenvalue weighted by atomic mass is 9.56. The maximum absolute atomic E-state index is 14.4. The summed E-state index contributed by atoms with van der Waals surface area (Å²) in [6, 6.07) is 1.65. The van der Waals surface area contributed by atoms with Gasteiger partial charge in [0.2, 0.25) is 41.4 Å². The van der Waals surface area contributed by atoms with Crippen LogP contribution in [-0.2, 0) is 51.9 Å². The van der Waals surface area contributed by atoms with Gasteiger partial charge in [-0.25, -0.2) is 9.55 Å². The average Bonchev–Trinajstić information content (AvgIpc) is 1.53. The highest BCUT2D eigenvalue weighted by Gasteiger charge is 2.68. The second-order valence-electron chi connectivity index (χ2n) is 27.4. The Bertz CT molecular complexity index is 3420. The van der Waals surface area contributed by atoms with Crippen LogP contribution < -0.4 is 61.0 Å². The minimum absolute atomic E-state index is 0.0287. The van der Waals surface area contributed by atoms with Crippen molar-refractivity contribution in [1.29, 1.82) is 0 Å². The lowest BCUT2D eigenvalue weighted by Crippen LogP contribution is -2.64. The monoisotopic (exact) mass is 1280 g/mol. The van der Waals surface area contributed by atoms with Crippen molar-refractivity contribution in [2.24, 2.45) is 73.8 Å². The van der Waals surface area contributed by atoms with Gasteiger partial charge in [-0.05, 0) is 125 Å². The van der Waals surface area contributed by atoms with E-state index in [1.165, 1.54) is 13.3 Å². The number of nitrogens with zero attached hydrogens (tertiary/aromatic N) is 2. The first-order chi connectivity index (χ1) is 41.8. The number of aromatic nitrogens is 2. The van der Waals surface area contributed by atoms with Gasteiger partial charge in [0.1, 0.15) is 18.3 Å². The van der Waals surface area contributed by atoms with Crippen molar-refractivity contribution in [1.82, 2.24) is 36.1 Å². The number of benzene rings is 1. The Kier molecular flexibility index (Phi) is 19.8. The molecule has 28 heteroatoms. The van der Waals surface area contributed by atoms with Gasteiger partial charge in [-0.1, -0.05) is 34.6 Å². The van der Waals surface area contributed by atoms with Crippen molar-refractivity contribution in [3.8, 4) is 0 Å². The number of hydrogen-bond acceptors (Lipinski definition) is 18. The van der Waals surface area contributed by atoms with Gasteiger partial charge >= 0.3 is 7.82 Å². The molecule has 1 aromatic heterocycles. The molecule has 7 heterocycles. The SMILES string of the molecule is C/C1=C2/N[C@H]([C@H](CC(N)=O)[C@@]2(C)CCC(=O)NC[C@@H](C)OP(=O)(O)O[C@H]2[C@@H](O)[C@@H](n3cnc4cc(C)c(C)cc43)O[C@@H]2CO)[C@]2(C)NC(/C(C)=C3\NC(/C=C4\NC1=C(CCC(N)=O)C4(C)C)[C@@H](CCC(N)=O)[C@]3(C)CC(N)=O)[C@@H](CCC(N)=O)[C@]2(C)CC(N)=O. The number of primary amides is 6. The summed E-state index contributed by atoms with van der Waals surface area (Å²) in [5.41, 5.74) is 38.7. The number of rotatable bonds is 26. The van der Waals surface area contributed by atoms with Gasteiger partial charge in [0.25, 0.3) is 0 Å². The molecule has 7 amide bonds. The fraction of sp³-hybridized carbons (Fsp3) is 0.645. The minimum Gasteiger partial charge on any atom is -0.394 e. The van der Waals surface area contributed by atoms with Crippen LogP contribution in [0.3, 0.4) is 0 Å². The second-order valence-corrected chi connectivity index (χ2v) is 28.8. The highest BCUT2D eigenvalue weighted by atomic mass is 31.2. The van der Waals surface area contributed by atoms with Crippen molar-refractivity contribution in [2.45, 2.75) is 201 Å². The highest BCUT2D eigenvalue weighted by molar-refractivity contribution is 7.47. The molecule has 8 bridgehead atoms. The quantitative estimate of drug-likeness (QED) is 0.0599. The average molecular weight is 1280 g/mol. The summed E-state index contributed by atoms with van der Waals surface area (Å²) < 4.78 is 32.3. The molecule has 6 aliphatic heterocycles. The fourth-order valence-corrected chi connectivity index (χ4v) is 17.3. The number of aliphatic hydroxyl groups is 2. The van der Waals surface area contributed by atoms with E-state index in [-0.39, 0.29) is 77.2 Å². The summed E-state index contributed by atoms with van der Waals surface area (Å²) in [6.45, 7) is 19.8. The molecule has 27 nitrogen and oxygen atoms in total. The number of imidazole rings is 1. The first-order valence-electron chi connectivity index (χ1n) is 30.8. The van der Waals surface area contributed by atoms with Crippen molar-refractivity contribution < 1.29 is 67.0 Å². The van der Waals surface area contributed by atoms with E-state index in [0.717, 1.165) is 16.7 Å². The van der Waals surface area contributed by atoms with Crippen LogP contribution in [0.5, 0.6) is 0 Å². The predicted octanol–water partition coefficient (Wildman–Crippen LogP) is 1.98. The van der Waals surface area contributed by atoms with Crippen molar-refractivity contribution in [3.63, 3.8) is 0 Å². The number of aryl methyl sites for hydroxylation is 2. The zero-order chi connectivity index (χ0) is 66.7. The lowest BCUT2D eigenvalue weighted by Gasteiger charge is -2.49. The van der Waals surface area contributed by atoms with Crippen LogP contribution in [0, 0.1) is 53.3 Å². The van der Waals surface area contributed by atoms with Crippen LogP contribution in [0.1, 0.15) is 150 Å². The van der Waals surface area contributed by atoms with Gasteiger partial charge in [0.15, 0.2) is 6.23 Å². The minimum atomic E-state index is -5.06. The molecule has 90 heavy (non-hydrogen) atoms. The van der Waals surface area contributed by atoms with Gasteiger partial charge in [-0.15, -0.1) is 0 Å². The number of phosphoric acid groups is 1. The Hall–Kier alpha value is -6.71. The highest BCUT2D eigenvalue weighted by Crippen LogP contribution is 2.62. The van der Waals surface area contributed by atoms with Crippen molar-refractivity contribution in [3.05, 3.63) is 75.2 Å². The van der Waals surface area contributed by atoms with E-state index < -0.39 is 150 Å². The number of nitrogens with two attached hydrogens (primary N) is 6. The van der Waals surface area contributed by atoms with Crippen LogP contribution in [0.2, 0.25) is 0 Å². The summed E-state index contributed by atoms with van der Waals surface area (Å²) in [5, 5.41) is 40.0. The number of hydrogen-bond donors (Lipinski definition) is 14. The Morgan fingerprint density at radius 3 is 2.02 bits per heavy atom. The zero-order valence-electron chi connectivity index (χ0n) is 53.5. The van der Waals surface area contributed by atoms with E-state index in [1.54, 1.807) is 4.57 Å². The number of carbonyl (C=O) groups is 7. The summed E-state index contributed by atoms with van der Waals surface area (Å²) >= 11 is 0. The molecule has 16 atom stereocenters. The van der Waals surface area contributed by atoms with Gasteiger partial charge < -0.3 is 85.4 Å². The van der Waals surface area contributed by atoms with E-state index >= 15 is 0 Å². The Morgan fingerprint density at radius 1 is 0.800 bits per heavy atom. The third-order valence-corrected chi connectivity index (χ3v) is 22.3. The molecule has 3 unspecified atom stereocenters. The molecule has 0 aliphatic carbocycles. The molecular weight excluding hydrogens is 1180 g/mol. The first kappa shape index (κ1) is 69.2. The summed E-state index contributed by atoms with van der Waals surface area (Å²) in [6.07, 6.45) is -3.50. The van der Waals surface area contributed by atoms with E-state index in [1.807, 2.05) is 87.4 Å². The molecule has 0 radical (unpaired) electrons. The molecule has 20 N–H and O–H groups in total. The van der Waals surface area contributed by atoms with Crippen LogP contribution in [-0.4, -0.2) is 127 Å². The van der Waals surface area contributed by atoms with E-state index in [0.29, 0.717) is 45.0 Å². The zero-order valence-corrected chi connectivity index (χ0v) is 54.4. The van der Waals surface area contributed by atoms with E-state index in [9.17, 15) is 53.2 Å². The standard InChI is InChI=1S/C62H94N13O14P/c1-29-20-39-40(21-30(29)2)75(28-70-39)57-52(84)53(41(27-76)87-57)89-90(85,86)88-31(3)26-69-49(83)18-19-59(8)37(22-46(66)80)56-62(11)61(10,25-48(68)82)36(14-17-45(65)79)51(74-62)33(5)55-60(9,24-47(67)81)34(12-15-43(63)77)38(71-55)23-42-58(6,7)35(13-16-44(64)78)50(72-42)32(4)54(59)73-56/h20-21,23,28,31,34,36-38,41,51-53,56-57,71-74,76,84H,12-19,22,24-27H2,1-11H3,(H2,63,77)(H2,64,78)(H2,65,79)(H2,66,80)(H2,67,81)(H2,68,82)(H,69,83)(H,85,86)/b42-23-,54-32-,55-33-/t31-,34-,36-,37+,38?,41-,51?,52-,53-,56-,57+,59-,60+,61+,62+/m1/s1. The first-order valence-corrected chi connectivity index (χ1v) is 32.3. The molecule has 6 aliphatic rings. The van der Waals surface area contributed by atoms with E-state index in [2.05, 4.69) is 31.6 Å². The Labute approximate surface area is 524 Å². The second kappa shape index (κ2) is 25.8. The number of carbonyl (C=O) groups excluding carboxylic acids is 7. The van der Waals surface area contributed by atoms with E-state index in [4.69, 9.17) is 48.2 Å². The fourth-order valence-electron chi connectivity index (χ4n) is 16.1. The Balaban J connectivity index is 1.18. The molecular formula is C62H94N13O14P. The molecule has 0 spiro atoms. The van der Waals surface area contributed by atoms with Crippen LogP contribution >= 0.6 is 7.82 Å². The molecule has 0 saturated carbocycles. The number of amides is 7. The van der Waals surface area contributed by atoms with Crippen LogP contribution in [0.4, 0.5) is 0 Å². The number of allylic oxidation sites excluding steroid dienone is 4. The summed E-state index contributed by atoms with van der Waals surface area (Å²) in [5.74, 6) is -6.00. The van der Waals surface area contributed by atoms with Gasteiger partial charge in [-0.2, -0.15) is 0 Å². The van der Waals surface area contributed by atoms with Gasteiger partial charge in [-0.3, -0.25) is 42.6 Å². The molecule has 4 saturated heterocycles. The number of nitrogens with one attached hydrogen (secondary N) is 5. The Morgan fingerprint density at radius 2 is 1.42 bits per heavy atom. The lowest BCUT2D eigenvalue weighted by molar-refractivity contribution is -0.124. The number of fused-ring (bicyclic) bond motifs is 10. The molecule has 1 aromatic carbocycles. The van der Waals surface area contributed by atoms with Crippen molar-refractivity contribution in [2.75, 3.05) is 13.2 Å². The normalized spacial score (nSPS) is 35.1. The topological polar surface area (TPSA) is 459 Å². The maximum atomic E-state index is 14.4. The molecule has 4 fully saturated rings. The third kappa shape index (κ3) is 13.1. The largest absolute Gasteiger partial charge is 0.472 e. The van der Waals surface area contributed by atoms with Gasteiger partial charge in [0, 0.05) is 126 Å². The smallest absolute Gasteiger partial charge is 0.394 e. The van der Waals surface area contributed by atoms with Crippen LogP contribution in [0.25, 0.3) is 11.0 Å². The molecule has 496 valence electrons. The number of aliphatic hydroxyl groups excluding tert-OH is 2.